The summed E-state index contributed by atoms with van der Waals surface area (Å²) in [5.41, 5.74) is 0.467. The number of aliphatic hydroxyl groups excluding tert-OH is 1. The minimum absolute atomic E-state index is 0.0188. The van der Waals surface area contributed by atoms with Gasteiger partial charge in [-0.05, 0) is 31.4 Å². The van der Waals surface area contributed by atoms with E-state index in [-0.39, 0.29) is 40.3 Å². The van der Waals surface area contributed by atoms with Gasteiger partial charge in [-0.1, -0.05) is 11.6 Å². The second kappa shape index (κ2) is 10.2. The third-order valence-corrected chi connectivity index (χ3v) is 5.76. The molecule has 3 heterocycles. The first kappa shape index (κ1) is 25.6. The lowest BCUT2D eigenvalue weighted by Gasteiger charge is -2.23. The van der Waals surface area contributed by atoms with E-state index in [9.17, 15) is 18.3 Å². The average Bonchev–Trinajstić information content (AvgIpc) is 3.28. The van der Waals surface area contributed by atoms with E-state index in [1.165, 1.54) is 31.6 Å². The molecule has 1 aromatic carbocycles. The number of hydrazone groups is 1. The number of alkyl halides is 3. The molecule has 1 N–H and O–H groups in total. The molecular weight excluding hydrogens is 503 g/mol. The van der Waals surface area contributed by atoms with Crippen LogP contribution in [-0.2, 0) is 0 Å². The van der Waals surface area contributed by atoms with E-state index < -0.39 is 12.3 Å². The van der Waals surface area contributed by atoms with Crippen molar-refractivity contribution in [1.82, 2.24) is 14.9 Å². The number of methoxy groups -OCH3 is 1. The van der Waals surface area contributed by atoms with Crippen molar-refractivity contribution in [2.45, 2.75) is 26.1 Å². The highest BCUT2D eigenvalue weighted by atomic mass is 35.5. The number of ether oxygens (including phenoxy) is 3. The van der Waals surface area contributed by atoms with Gasteiger partial charge in [-0.15, -0.1) is 0 Å². The second-order valence-corrected chi connectivity index (χ2v) is 8.20. The van der Waals surface area contributed by atoms with Crippen LogP contribution in [0.4, 0.5) is 18.9 Å². The SMILES string of the molecule is CCN1CN(c2cc(O[C@@H](C)C(F)(F)F)c3c(Oc4cc(OC)ncc4Cl)nccc3c2)N=C1CO. The van der Waals surface area contributed by atoms with Gasteiger partial charge in [0.05, 0.1) is 24.4 Å². The zero-order chi connectivity index (χ0) is 26.0. The number of benzene rings is 1. The first-order chi connectivity index (χ1) is 17.1. The van der Waals surface area contributed by atoms with Crippen molar-refractivity contribution < 1.29 is 32.5 Å². The predicted octanol–water partition coefficient (Wildman–Crippen LogP) is 4.82. The molecule has 9 nitrogen and oxygen atoms in total. The molecule has 0 aliphatic carbocycles. The Kier molecular flexibility index (Phi) is 7.27. The normalized spacial score (nSPS) is 14.7. The summed E-state index contributed by atoms with van der Waals surface area (Å²) in [5, 5.41) is 16.4. The van der Waals surface area contributed by atoms with Crippen molar-refractivity contribution in [2.75, 3.05) is 31.9 Å². The molecule has 0 unspecified atom stereocenters. The average molecular weight is 526 g/mol. The molecule has 4 rings (SSSR count). The van der Waals surface area contributed by atoms with Crippen LogP contribution in [0.5, 0.6) is 23.3 Å². The Morgan fingerprint density at radius 1 is 1.19 bits per heavy atom. The summed E-state index contributed by atoms with van der Waals surface area (Å²) in [6, 6.07) is 6.22. The van der Waals surface area contributed by atoms with Crippen LogP contribution >= 0.6 is 11.6 Å². The van der Waals surface area contributed by atoms with Crippen LogP contribution in [-0.4, -0.2) is 65.0 Å². The van der Waals surface area contributed by atoms with Gasteiger partial charge in [-0.2, -0.15) is 18.3 Å². The number of halogens is 4. The van der Waals surface area contributed by atoms with Gasteiger partial charge >= 0.3 is 6.18 Å². The van der Waals surface area contributed by atoms with Crippen molar-refractivity contribution >= 4 is 33.9 Å². The maximum absolute atomic E-state index is 13.4. The number of hydrogen-bond donors (Lipinski definition) is 1. The lowest BCUT2D eigenvalue weighted by molar-refractivity contribution is -0.189. The van der Waals surface area contributed by atoms with Crippen LogP contribution in [0.25, 0.3) is 10.8 Å². The molecule has 0 bridgehead atoms. The van der Waals surface area contributed by atoms with Crippen LogP contribution in [0.15, 0.2) is 41.8 Å². The number of hydrogen-bond acceptors (Lipinski definition) is 9. The van der Waals surface area contributed by atoms with E-state index in [1.807, 2.05) is 11.8 Å². The zero-order valence-electron chi connectivity index (χ0n) is 19.6. The molecule has 0 saturated carbocycles. The predicted molar refractivity (Wildman–Crippen MR) is 128 cm³/mol. The summed E-state index contributed by atoms with van der Waals surface area (Å²) >= 11 is 6.21. The lowest BCUT2D eigenvalue weighted by atomic mass is 10.1. The van der Waals surface area contributed by atoms with Gasteiger partial charge in [-0.3, -0.25) is 0 Å². The van der Waals surface area contributed by atoms with Gasteiger partial charge in [-0.25, -0.2) is 15.0 Å². The van der Waals surface area contributed by atoms with Crippen LogP contribution in [0, 0.1) is 0 Å². The van der Waals surface area contributed by atoms with E-state index in [4.69, 9.17) is 25.8 Å². The molecule has 1 aliphatic rings. The second-order valence-electron chi connectivity index (χ2n) is 7.79. The van der Waals surface area contributed by atoms with Crippen molar-refractivity contribution in [3.8, 4) is 23.3 Å². The Morgan fingerprint density at radius 2 is 1.97 bits per heavy atom. The van der Waals surface area contributed by atoms with Crippen LogP contribution < -0.4 is 19.2 Å². The molecule has 0 saturated heterocycles. The first-order valence-electron chi connectivity index (χ1n) is 10.9. The van der Waals surface area contributed by atoms with Crippen LogP contribution in [0.2, 0.25) is 5.02 Å². The Labute approximate surface area is 209 Å². The van der Waals surface area contributed by atoms with Gasteiger partial charge in [0, 0.05) is 24.9 Å². The minimum atomic E-state index is -4.61. The number of aliphatic hydroxyl groups is 1. The topological polar surface area (TPSA) is 92.5 Å². The summed E-state index contributed by atoms with van der Waals surface area (Å²) in [5.74, 6) is 0.700. The molecule has 36 heavy (non-hydrogen) atoms. The number of likely N-dealkylation sites (N-methyl/N-ethyl adjacent to an activating group) is 1. The zero-order valence-corrected chi connectivity index (χ0v) is 20.3. The summed E-state index contributed by atoms with van der Waals surface area (Å²) in [6.07, 6.45) is -3.94. The van der Waals surface area contributed by atoms with E-state index in [0.717, 1.165) is 6.92 Å². The molecule has 2 aromatic heterocycles. The third kappa shape index (κ3) is 5.19. The van der Waals surface area contributed by atoms with Gasteiger partial charge in [0.2, 0.25) is 11.8 Å². The van der Waals surface area contributed by atoms with Gasteiger partial charge in [0.1, 0.15) is 24.0 Å². The number of amidine groups is 1. The third-order valence-electron chi connectivity index (χ3n) is 5.48. The Hall–Kier alpha value is -3.51. The van der Waals surface area contributed by atoms with Gasteiger partial charge < -0.3 is 24.2 Å². The fourth-order valence-corrected chi connectivity index (χ4v) is 3.68. The first-order valence-corrected chi connectivity index (χ1v) is 11.3. The van der Waals surface area contributed by atoms with Crippen molar-refractivity contribution in [3.63, 3.8) is 0 Å². The standard InChI is InChI=1S/C23H23ClF3N5O4/c1-4-31-12-32(30-19(31)11-33)15-7-14-5-6-28-22(36-17-9-20(34-3)29-10-16(17)24)21(14)18(8-15)35-13(2)23(25,26)27/h5-10,13,33H,4,11-12H2,1-3H3/t13-/m0/s1. The van der Waals surface area contributed by atoms with E-state index >= 15 is 0 Å². The minimum Gasteiger partial charge on any atom is -0.481 e. The van der Waals surface area contributed by atoms with Crippen LogP contribution in [0.1, 0.15) is 13.8 Å². The number of rotatable bonds is 8. The maximum atomic E-state index is 13.4. The molecule has 13 heteroatoms. The number of aromatic nitrogens is 2. The number of fused-ring (bicyclic) bond motifs is 1. The summed E-state index contributed by atoms with van der Waals surface area (Å²) in [6.45, 7) is 3.45. The summed E-state index contributed by atoms with van der Waals surface area (Å²) in [4.78, 5) is 10.0. The Morgan fingerprint density at radius 3 is 2.61 bits per heavy atom. The summed E-state index contributed by atoms with van der Waals surface area (Å²) < 4.78 is 56.7. The number of pyridine rings is 2. The van der Waals surface area contributed by atoms with E-state index in [2.05, 4.69) is 15.1 Å². The molecule has 0 spiro atoms. The van der Waals surface area contributed by atoms with Crippen molar-refractivity contribution in [3.05, 3.63) is 41.7 Å². The Bertz CT molecular complexity index is 1290. The van der Waals surface area contributed by atoms with E-state index in [1.54, 1.807) is 17.1 Å². The summed E-state index contributed by atoms with van der Waals surface area (Å²) in [7, 11) is 1.42. The molecule has 0 amide bonds. The molecule has 192 valence electrons. The molecule has 1 atom stereocenters. The monoisotopic (exact) mass is 525 g/mol. The van der Waals surface area contributed by atoms with Crippen molar-refractivity contribution in [2.24, 2.45) is 5.10 Å². The molecule has 3 aromatic rings. The quantitative estimate of drug-likeness (QED) is 0.447. The molecule has 0 fully saturated rings. The number of nitrogens with zero attached hydrogens (tertiary/aromatic N) is 5. The van der Waals surface area contributed by atoms with E-state index in [0.29, 0.717) is 30.1 Å². The largest absolute Gasteiger partial charge is 0.481 e. The Balaban J connectivity index is 1.84. The van der Waals surface area contributed by atoms with Crippen LogP contribution in [0.3, 0.4) is 0 Å². The van der Waals surface area contributed by atoms with Gasteiger partial charge in [0.15, 0.2) is 17.7 Å². The highest BCUT2D eigenvalue weighted by Crippen LogP contribution is 2.41. The van der Waals surface area contributed by atoms with Crippen molar-refractivity contribution in [1.29, 1.82) is 0 Å². The highest BCUT2D eigenvalue weighted by Gasteiger charge is 2.38. The molecular formula is C23H23ClF3N5O4. The fraction of sp³-hybridized carbons (Fsp3) is 0.348. The molecule has 1 aliphatic heterocycles. The van der Waals surface area contributed by atoms with Gasteiger partial charge in [0.25, 0.3) is 0 Å². The number of anilines is 1. The molecule has 0 radical (unpaired) electrons. The highest BCUT2D eigenvalue weighted by molar-refractivity contribution is 6.32. The fourth-order valence-electron chi connectivity index (χ4n) is 3.54. The lowest BCUT2D eigenvalue weighted by Crippen LogP contribution is -2.32. The smallest absolute Gasteiger partial charge is 0.425 e. The maximum Gasteiger partial charge on any atom is 0.425 e.